The van der Waals surface area contributed by atoms with Crippen LogP contribution in [0.25, 0.3) is 17.2 Å². The van der Waals surface area contributed by atoms with Gasteiger partial charge < -0.3 is 4.52 Å². The third kappa shape index (κ3) is 1.98. The van der Waals surface area contributed by atoms with Crippen molar-refractivity contribution < 1.29 is 4.52 Å². The maximum atomic E-state index is 5.41. The average Bonchev–Trinajstić information content (AvgIpc) is 3.17. The molecular weight excluding hydrogens is 304 g/mol. The van der Waals surface area contributed by atoms with Crippen molar-refractivity contribution in [3.63, 3.8) is 0 Å². The van der Waals surface area contributed by atoms with Crippen LogP contribution in [-0.4, -0.2) is 38.8 Å². The van der Waals surface area contributed by atoms with Crippen molar-refractivity contribution >= 4 is 5.69 Å². The molecule has 0 unspecified atom stereocenters. The van der Waals surface area contributed by atoms with Gasteiger partial charge in [0.1, 0.15) is 12.0 Å². The van der Waals surface area contributed by atoms with E-state index in [4.69, 9.17) is 4.52 Å². The number of para-hydroxylation sites is 2. The zero-order valence-corrected chi connectivity index (χ0v) is 13.7. The predicted octanol–water partition coefficient (Wildman–Crippen LogP) is 2.60. The highest BCUT2D eigenvalue weighted by Crippen LogP contribution is 2.40. The molecule has 1 fully saturated rings. The minimum Gasteiger partial charge on any atom is -0.339 e. The quantitative estimate of drug-likeness (QED) is 0.738. The Morgan fingerprint density at radius 2 is 1.96 bits per heavy atom. The minimum absolute atomic E-state index is 0.448. The molecule has 1 aromatic carbocycles. The molecule has 0 N–H and O–H groups in total. The highest BCUT2D eigenvalue weighted by molar-refractivity contribution is 5.68. The molecule has 2 aliphatic rings. The Bertz CT molecular complexity index is 907. The molecule has 3 aromatic rings. The van der Waals surface area contributed by atoms with E-state index in [1.807, 2.05) is 26.5 Å². The van der Waals surface area contributed by atoms with Gasteiger partial charge in [-0.05, 0) is 25.0 Å². The van der Waals surface area contributed by atoms with Crippen molar-refractivity contribution in [2.24, 2.45) is 0 Å². The lowest BCUT2D eigenvalue weighted by atomic mass is 10.1. The molecule has 0 radical (unpaired) electrons. The van der Waals surface area contributed by atoms with Crippen molar-refractivity contribution in [1.82, 2.24) is 24.7 Å². The first kappa shape index (κ1) is 13.7. The molecule has 3 heterocycles. The smallest absolute Gasteiger partial charge is 0.230 e. The largest absolute Gasteiger partial charge is 0.339 e. The second-order valence-corrected chi connectivity index (χ2v) is 6.53. The Labute approximate surface area is 139 Å². The van der Waals surface area contributed by atoms with E-state index in [1.54, 1.807) is 0 Å². The van der Waals surface area contributed by atoms with E-state index in [0.29, 0.717) is 18.3 Å². The minimum atomic E-state index is 0.448. The molecule has 7 nitrogen and oxygen atoms in total. The van der Waals surface area contributed by atoms with Crippen molar-refractivity contribution in [3.05, 3.63) is 42.2 Å². The van der Waals surface area contributed by atoms with Crippen molar-refractivity contribution in [3.8, 4) is 17.2 Å². The molecular formula is C17H18N6O. The van der Waals surface area contributed by atoms with Crippen LogP contribution in [0.4, 0.5) is 5.69 Å². The Morgan fingerprint density at radius 1 is 1.17 bits per heavy atom. The van der Waals surface area contributed by atoms with Gasteiger partial charge >= 0.3 is 0 Å². The maximum Gasteiger partial charge on any atom is 0.230 e. The molecule has 0 bridgehead atoms. The van der Waals surface area contributed by atoms with E-state index in [2.05, 4.69) is 47.9 Å². The Balaban J connectivity index is 1.63. The van der Waals surface area contributed by atoms with E-state index in [0.717, 1.165) is 41.5 Å². The summed E-state index contributed by atoms with van der Waals surface area (Å²) in [6.45, 7) is 0.715. The Hall–Kier alpha value is -2.67. The lowest BCUT2D eigenvalue weighted by Crippen LogP contribution is -2.40. The molecule has 0 spiro atoms. The number of nitrogens with zero attached hydrogens (tertiary/aromatic N) is 6. The van der Waals surface area contributed by atoms with Crippen molar-refractivity contribution in [2.45, 2.75) is 25.3 Å². The van der Waals surface area contributed by atoms with Crippen LogP contribution in [-0.2, 0) is 6.54 Å². The molecule has 24 heavy (non-hydrogen) atoms. The third-order valence-corrected chi connectivity index (χ3v) is 4.65. The monoisotopic (exact) mass is 322 g/mol. The van der Waals surface area contributed by atoms with Gasteiger partial charge in [0.05, 0.1) is 23.6 Å². The van der Waals surface area contributed by atoms with Crippen LogP contribution in [0.5, 0.6) is 0 Å². The van der Waals surface area contributed by atoms with Gasteiger partial charge in [0.2, 0.25) is 11.7 Å². The van der Waals surface area contributed by atoms with Gasteiger partial charge in [-0.25, -0.2) is 9.99 Å². The number of hydrogen-bond acceptors (Lipinski definition) is 6. The van der Waals surface area contributed by atoms with Gasteiger partial charge in [0, 0.05) is 20.0 Å². The van der Waals surface area contributed by atoms with Crippen LogP contribution in [0.15, 0.2) is 35.1 Å². The number of aromatic nitrogens is 4. The van der Waals surface area contributed by atoms with Crippen LogP contribution in [0, 0.1) is 0 Å². The molecule has 122 valence electrons. The Kier molecular flexibility index (Phi) is 2.81. The van der Waals surface area contributed by atoms with Crippen LogP contribution in [0.2, 0.25) is 0 Å². The molecule has 2 aromatic heterocycles. The summed E-state index contributed by atoms with van der Waals surface area (Å²) in [7, 11) is 4.09. The highest BCUT2D eigenvalue weighted by Gasteiger charge is 2.32. The first-order valence-corrected chi connectivity index (χ1v) is 8.17. The normalized spacial score (nSPS) is 16.4. The molecule has 7 heteroatoms. The van der Waals surface area contributed by atoms with E-state index in [9.17, 15) is 0 Å². The summed E-state index contributed by atoms with van der Waals surface area (Å²) in [6.07, 6.45) is 4.14. The zero-order valence-electron chi connectivity index (χ0n) is 13.7. The number of benzene rings is 1. The van der Waals surface area contributed by atoms with Crippen LogP contribution >= 0.6 is 0 Å². The summed E-state index contributed by atoms with van der Waals surface area (Å²) in [4.78, 5) is 9.15. The van der Waals surface area contributed by atoms with E-state index in [-0.39, 0.29) is 0 Å². The SMILES string of the molecule is CN(C)N1Cc2c(-c3noc(C4CC4)n3)ncn2-c2ccccc21. The fourth-order valence-corrected chi connectivity index (χ4v) is 3.22. The van der Waals surface area contributed by atoms with Crippen LogP contribution in [0.1, 0.15) is 30.3 Å². The number of imidazole rings is 1. The molecule has 1 aliphatic heterocycles. The number of hydrogen-bond donors (Lipinski definition) is 0. The number of rotatable bonds is 3. The summed E-state index contributed by atoms with van der Waals surface area (Å²) in [5.41, 5.74) is 4.14. The van der Waals surface area contributed by atoms with Gasteiger partial charge in [-0.3, -0.25) is 9.58 Å². The molecule has 1 aliphatic carbocycles. The van der Waals surface area contributed by atoms with Crippen LogP contribution < -0.4 is 5.01 Å². The maximum absolute atomic E-state index is 5.41. The summed E-state index contributed by atoms with van der Waals surface area (Å²) in [5, 5.41) is 8.47. The fraction of sp³-hybridized carbons (Fsp3) is 0.353. The van der Waals surface area contributed by atoms with Crippen molar-refractivity contribution in [2.75, 3.05) is 19.1 Å². The fourth-order valence-electron chi connectivity index (χ4n) is 3.22. The third-order valence-electron chi connectivity index (χ3n) is 4.65. The molecule has 0 saturated heterocycles. The topological polar surface area (TPSA) is 63.2 Å². The van der Waals surface area contributed by atoms with Crippen LogP contribution in [0.3, 0.4) is 0 Å². The van der Waals surface area contributed by atoms with Gasteiger partial charge in [0.25, 0.3) is 0 Å². The first-order chi connectivity index (χ1) is 11.7. The first-order valence-electron chi connectivity index (χ1n) is 8.17. The second kappa shape index (κ2) is 4.91. The zero-order chi connectivity index (χ0) is 16.3. The highest BCUT2D eigenvalue weighted by atomic mass is 16.5. The summed E-state index contributed by atoms with van der Waals surface area (Å²) in [6, 6.07) is 8.32. The lowest BCUT2D eigenvalue weighted by molar-refractivity contribution is 0.358. The van der Waals surface area contributed by atoms with Crippen molar-refractivity contribution in [1.29, 1.82) is 0 Å². The van der Waals surface area contributed by atoms with E-state index < -0.39 is 0 Å². The lowest BCUT2D eigenvalue weighted by Gasteiger charge is -2.36. The molecule has 0 atom stereocenters. The molecule has 1 saturated carbocycles. The predicted molar refractivity (Wildman–Crippen MR) is 88.7 cm³/mol. The Morgan fingerprint density at radius 3 is 2.71 bits per heavy atom. The number of hydrazine groups is 1. The van der Waals surface area contributed by atoms with E-state index >= 15 is 0 Å². The van der Waals surface area contributed by atoms with Gasteiger partial charge in [0.15, 0.2) is 0 Å². The number of fused-ring (bicyclic) bond motifs is 3. The average molecular weight is 322 g/mol. The second-order valence-electron chi connectivity index (χ2n) is 6.53. The summed E-state index contributed by atoms with van der Waals surface area (Å²) in [5.74, 6) is 1.78. The molecule has 5 rings (SSSR count). The van der Waals surface area contributed by atoms with E-state index in [1.165, 1.54) is 0 Å². The van der Waals surface area contributed by atoms with Gasteiger partial charge in [-0.15, -0.1) is 0 Å². The van der Waals surface area contributed by atoms with Gasteiger partial charge in [-0.2, -0.15) is 4.98 Å². The summed E-state index contributed by atoms with van der Waals surface area (Å²) >= 11 is 0. The number of anilines is 1. The standard InChI is InChI=1S/C17H18N6O/c1-21(2)23-9-14-15(16-19-17(24-20-16)11-7-8-11)18-10-22(14)12-5-3-4-6-13(12)23/h3-6,10-11H,7-9H2,1-2H3. The van der Waals surface area contributed by atoms with Gasteiger partial charge in [-0.1, -0.05) is 17.3 Å². The summed E-state index contributed by atoms with van der Waals surface area (Å²) < 4.78 is 7.54. The molecule has 0 amide bonds.